The molecule has 0 aromatic rings. The summed E-state index contributed by atoms with van der Waals surface area (Å²) < 4.78 is 0. The predicted molar refractivity (Wildman–Crippen MR) is 55.7 cm³/mol. The van der Waals surface area contributed by atoms with Crippen LogP contribution in [0.3, 0.4) is 0 Å². The van der Waals surface area contributed by atoms with E-state index in [2.05, 4.69) is 17.9 Å². The zero-order valence-corrected chi connectivity index (χ0v) is 8.95. The highest BCUT2D eigenvalue weighted by Gasteiger charge is 2.25. The molecule has 1 rings (SSSR count). The lowest BCUT2D eigenvalue weighted by molar-refractivity contribution is 0.114. The fourth-order valence-electron chi connectivity index (χ4n) is 2.36. The van der Waals surface area contributed by atoms with Gasteiger partial charge >= 0.3 is 0 Å². The van der Waals surface area contributed by atoms with E-state index >= 15 is 0 Å². The lowest BCUT2D eigenvalue weighted by Gasteiger charge is -2.32. The van der Waals surface area contributed by atoms with Gasteiger partial charge in [-0.1, -0.05) is 12.8 Å². The Morgan fingerprint density at radius 2 is 2.14 bits per heavy atom. The van der Waals surface area contributed by atoms with Gasteiger partial charge in [-0.05, 0) is 19.8 Å². The molecule has 0 saturated heterocycles. The fourth-order valence-corrected chi connectivity index (χ4v) is 2.36. The second-order valence-corrected chi connectivity index (χ2v) is 4.11. The van der Waals surface area contributed by atoms with Crippen molar-refractivity contribution < 1.29 is 5.11 Å². The molecule has 1 atom stereocenters. The van der Waals surface area contributed by atoms with Crippen molar-refractivity contribution >= 4 is 0 Å². The fraction of sp³-hybridized carbons (Fsp3) is 0.909. The molecule has 0 bridgehead atoms. The van der Waals surface area contributed by atoms with Crippen LogP contribution < -0.4 is 0 Å². The largest absolute Gasteiger partial charge is 0.395 e. The molecule has 1 unspecified atom stereocenters. The molecule has 1 aliphatic carbocycles. The van der Waals surface area contributed by atoms with Crippen molar-refractivity contribution in [2.24, 2.45) is 0 Å². The van der Waals surface area contributed by atoms with Crippen LogP contribution in [-0.4, -0.2) is 35.2 Å². The molecule has 0 aliphatic heterocycles. The maximum absolute atomic E-state index is 8.99. The Balaban J connectivity index is 2.48. The molecule has 1 aliphatic rings. The van der Waals surface area contributed by atoms with Crippen LogP contribution in [0.15, 0.2) is 0 Å². The van der Waals surface area contributed by atoms with Crippen molar-refractivity contribution in [3.63, 3.8) is 0 Å². The molecule has 1 N–H and O–H groups in total. The van der Waals surface area contributed by atoms with Crippen LogP contribution in [0.2, 0.25) is 0 Å². The van der Waals surface area contributed by atoms with E-state index in [1.807, 2.05) is 0 Å². The monoisotopic (exact) mass is 196 g/mol. The molecular weight excluding hydrogens is 176 g/mol. The quantitative estimate of drug-likeness (QED) is 0.725. The van der Waals surface area contributed by atoms with Crippen LogP contribution in [0.1, 0.15) is 39.0 Å². The van der Waals surface area contributed by atoms with Gasteiger partial charge in [0.25, 0.3) is 0 Å². The van der Waals surface area contributed by atoms with Crippen molar-refractivity contribution in [3.05, 3.63) is 0 Å². The first-order valence-corrected chi connectivity index (χ1v) is 5.53. The number of hydrogen-bond acceptors (Lipinski definition) is 3. The van der Waals surface area contributed by atoms with Crippen LogP contribution in [0.25, 0.3) is 0 Å². The average molecular weight is 196 g/mol. The highest BCUT2D eigenvalue weighted by atomic mass is 16.3. The molecule has 1 saturated carbocycles. The molecule has 80 valence electrons. The molecule has 0 aromatic heterocycles. The van der Waals surface area contributed by atoms with Gasteiger partial charge in [0.2, 0.25) is 0 Å². The van der Waals surface area contributed by atoms with E-state index in [0.29, 0.717) is 19.0 Å². The lowest BCUT2D eigenvalue weighted by atomic mass is 10.1. The van der Waals surface area contributed by atoms with Crippen molar-refractivity contribution in [2.45, 2.75) is 51.1 Å². The molecule has 3 heteroatoms. The Morgan fingerprint density at radius 1 is 1.50 bits per heavy atom. The minimum absolute atomic E-state index is 0.201. The third-order valence-corrected chi connectivity index (χ3v) is 3.10. The third kappa shape index (κ3) is 2.97. The number of aliphatic hydroxyl groups is 1. The van der Waals surface area contributed by atoms with Gasteiger partial charge in [-0.15, -0.1) is 0 Å². The molecule has 0 heterocycles. The first-order valence-electron chi connectivity index (χ1n) is 5.53. The maximum Gasteiger partial charge on any atom is 0.0638 e. The van der Waals surface area contributed by atoms with Crippen LogP contribution in [-0.2, 0) is 0 Å². The van der Waals surface area contributed by atoms with Gasteiger partial charge in [-0.3, -0.25) is 4.90 Å². The average Bonchev–Trinajstić information content (AvgIpc) is 2.67. The van der Waals surface area contributed by atoms with E-state index in [1.165, 1.54) is 25.7 Å². The number of nitriles is 1. The van der Waals surface area contributed by atoms with Gasteiger partial charge in [-0.25, -0.2) is 0 Å². The van der Waals surface area contributed by atoms with E-state index in [-0.39, 0.29) is 12.6 Å². The van der Waals surface area contributed by atoms with Crippen LogP contribution in [0.4, 0.5) is 0 Å². The molecule has 0 amide bonds. The highest BCUT2D eigenvalue weighted by Crippen LogP contribution is 2.25. The maximum atomic E-state index is 8.99. The summed E-state index contributed by atoms with van der Waals surface area (Å²) in [5, 5.41) is 17.6. The topological polar surface area (TPSA) is 47.3 Å². The summed E-state index contributed by atoms with van der Waals surface area (Å²) >= 11 is 0. The molecule has 3 nitrogen and oxygen atoms in total. The Kier molecular flexibility index (Phi) is 4.92. The SMILES string of the molecule is CC(CC#N)N(CCO)C1CCCC1. The van der Waals surface area contributed by atoms with Crippen molar-refractivity contribution in [3.8, 4) is 6.07 Å². The van der Waals surface area contributed by atoms with Gasteiger partial charge in [0, 0.05) is 18.6 Å². The van der Waals surface area contributed by atoms with Gasteiger partial charge in [0.1, 0.15) is 0 Å². The Hall–Kier alpha value is -0.590. The summed E-state index contributed by atoms with van der Waals surface area (Å²) in [6, 6.07) is 3.10. The summed E-state index contributed by atoms with van der Waals surface area (Å²) in [7, 11) is 0. The van der Waals surface area contributed by atoms with Gasteiger partial charge in [0.05, 0.1) is 19.1 Å². The molecule has 0 aromatic carbocycles. The first kappa shape index (κ1) is 11.5. The summed E-state index contributed by atoms with van der Waals surface area (Å²) in [5.74, 6) is 0. The molecule has 0 radical (unpaired) electrons. The number of nitrogens with zero attached hydrogens (tertiary/aromatic N) is 2. The standard InChI is InChI=1S/C11H20N2O/c1-10(6-7-12)13(8-9-14)11-4-2-3-5-11/h10-11,14H,2-6,8-9H2,1H3. The van der Waals surface area contributed by atoms with Crippen LogP contribution in [0.5, 0.6) is 0 Å². The predicted octanol–water partition coefficient (Wildman–Crippen LogP) is 1.53. The van der Waals surface area contributed by atoms with Crippen molar-refractivity contribution in [1.82, 2.24) is 4.90 Å². The number of rotatable bonds is 5. The Labute approximate surface area is 86.3 Å². The van der Waals surface area contributed by atoms with E-state index in [9.17, 15) is 0 Å². The lowest BCUT2D eigenvalue weighted by Crippen LogP contribution is -2.42. The molecule has 0 spiro atoms. The van der Waals surface area contributed by atoms with E-state index in [1.54, 1.807) is 0 Å². The van der Waals surface area contributed by atoms with Gasteiger partial charge in [0.15, 0.2) is 0 Å². The zero-order valence-electron chi connectivity index (χ0n) is 8.95. The second kappa shape index (κ2) is 6.00. The second-order valence-electron chi connectivity index (χ2n) is 4.11. The highest BCUT2D eigenvalue weighted by molar-refractivity contribution is 4.85. The Bertz CT molecular complexity index is 194. The minimum atomic E-state index is 0.201. The molecule has 14 heavy (non-hydrogen) atoms. The minimum Gasteiger partial charge on any atom is -0.395 e. The third-order valence-electron chi connectivity index (χ3n) is 3.10. The van der Waals surface area contributed by atoms with Crippen molar-refractivity contribution in [1.29, 1.82) is 5.26 Å². The van der Waals surface area contributed by atoms with Gasteiger partial charge in [-0.2, -0.15) is 5.26 Å². The van der Waals surface area contributed by atoms with Crippen LogP contribution in [0, 0.1) is 11.3 Å². The van der Waals surface area contributed by atoms with Crippen LogP contribution >= 0.6 is 0 Å². The smallest absolute Gasteiger partial charge is 0.0638 e. The van der Waals surface area contributed by atoms with Crippen molar-refractivity contribution in [2.75, 3.05) is 13.2 Å². The summed E-state index contributed by atoms with van der Waals surface area (Å²) in [6.45, 7) is 3.00. The zero-order chi connectivity index (χ0) is 10.4. The summed E-state index contributed by atoms with van der Waals surface area (Å²) in [6.07, 6.45) is 5.62. The van der Waals surface area contributed by atoms with E-state index in [4.69, 9.17) is 10.4 Å². The van der Waals surface area contributed by atoms with E-state index in [0.717, 1.165) is 0 Å². The molecular formula is C11H20N2O. The van der Waals surface area contributed by atoms with Gasteiger partial charge < -0.3 is 5.11 Å². The summed E-state index contributed by atoms with van der Waals surface area (Å²) in [5.41, 5.74) is 0. The number of hydrogen-bond donors (Lipinski definition) is 1. The normalized spacial score (nSPS) is 19.9. The summed E-state index contributed by atoms with van der Waals surface area (Å²) in [4.78, 5) is 2.30. The molecule has 1 fully saturated rings. The van der Waals surface area contributed by atoms with E-state index < -0.39 is 0 Å². The number of aliphatic hydroxyl groups excluding tert-OH is 1. The Morgan fingerprint density at radius 3 is 2.64 bits per heavy atom. The first-order chi connectivity index (χ1) is 6.79.